The summed E-state index contributed by atoms with van der Waals surface area (Å²) in [5, 5.41) is 8.64. The number of morpholine rings is 1. The zero-order valence-corrected chi connectivity index (χ0v) is 16.0. The number of carbonyl (C=O) groups excluding carboxylic acids is 1. The topological polar surface area (TPSA) is 72.9 Å². The van der Waals surface area contributed by atoms with Crippen molar-refractivity contribution in [2.45, 2.75) is 13.0 Å². The number of ether oxygens (including phenoxy) is 1. The highest BCUT2D eigenvalue weighted by molar-refractivity contribution is 5.95. The molecule has 0 spiro atoms. The summed E-state index contributed by atoms with van der Waals surface area (Å²) in [4.78, 5) is 14.6. The van der Waals surface area contributed by atoms with E-state index in [1.807, 2.05) is 30.5 Å². The van der Waals surface area contributed by atoms with Crippen LogP contribution in [0.15, 0.2) is 65.4 Å². The smallest absolute Gasteiger partial charge is 0.257 e. The largest absolute Gasteiger partial charge is 0.469 e. The molecule has 0 saturated carbocycles. The third-order valence-electron chi connectivity index (χ3n) is 5.30. The Morgan fingerprint density at radius 2 is 1.97 bits per heavy atom. The first-order chi connectivity index (χ1) is 14.2. The monoisotopic (exact) mass is 388 g/mol. The van der Waals surface area contributed by atoms with Gasteiger partial charge < -0.3 is 14.1 Å². The van der Waals surface area contributed by atoms with E-state index in [0.29, 0.717) is 31.0 Å². The normalized spacial score (nSPS) is 17.0. The minimum absolute atomic E-state index is 0.0487. The molecule has 1 aliphatic heterocycles. The van der Waals surface area contributed by atoms with Gasteiger partial charge in [-0.2, -0.15) is 0 Å². The number of furan rings is 1. The number of benzene rings is 1. The van der Waals surface area contributed by atoms with Crippen LogP contribution in [-0.4, -0.2) is 45.3 Å². The van der Waals surface area contributed by atoms with Gasteiger partial charge in [-0.3, -0.25) is 4.79 Å². The van der Waals surface area contributed by atoms with E-state index in [1.165, 1.54) is 6.26 Å². The van der Waals surface area contributed by atoms with Gasteiger partial charge in [-0.05, 0) is 24.6 Å². The van der Waals surface area contributed by atoms with Crippen LogP contribution in [0.3, 0.4) is 0 Å². The maximum Gasteiger partial charge on any atom is 0.257 e. The number of aryl methyl sites for hydroxylation is 1. The van der Waals surface area contributed by atoms with E-state index < -0.39 is 0 Å². The van der Waals surface area contributed by atoms with Gasteiger partial charge in [0, 0.05) is 18.3 Å². The van der Waals surface area contributed by atoms with E-state index in [-0.39, 0.29) is 12.0 Å². The fraction of sp³-hybridized carbons (Fsp3) is 0.227. The molecule has 5 rings (SSSR count). The van der Waals surface area contributed by atoms with Gasteiger partial charge in [0.1, 0.15) is 17.6 Å². The minimum atomic E-state index is -0.319. The molecule has 1 amide bonds. The summed E-state index contributed by atoms with van der Waals surface area (Å²) in [7, 11) is 0. The number of hydrogen-bond donors (Lipinski definition) is 0. The number of carbonyl (C=O) groups is 1. The molecule has 0 bridgehead atoms. The average Bonchev–Trinajstić information content (AvgIpc) is 3.39. The van der Waals surface area contributed by atoms with Gasteiger partial charge in [0.2, 0.25) is 0 Å². The SMILES string of the molecule is Cc1occc1C(=O)N1CCO[C@@H](c2nnn3cc(-c4ccccc4)ccc23)C1. The lowest BCUT2D eigenvalue weighted by molar-refractivity contribution is -0.0241. The van der Waals surface area contributed by atoms with Crippen LogP contribution in [0, 0.1) is 6.92 Å². The van der Waals surface area contributed by atoms with Gasteiger partial charge in [-0.1, -0.05) is 41.6 Å². The lowest BCUT2D eigenvalue weighted by atomic mass is 10.1. The third-order valence-corrected chi connectivity index (χ3v) is 5.30. The molecular weight excluding hydrogens is 368 g/mol. The highest BCUT2D eigenvalue weighted by Crippen LogP contribution is 2.27. The van der Waals surface area contributed by atoms with E-state index in [9.17, 15) is 4.79 Å². The molecule has 0 N–H and O–H groups in total. The van der Waals surface area contributed by atoms with Crippen LogP contribution in [0.2, 0.25) is 0 Å². The van der Waals surface area contributed by atoms with E-state index in [1.54, 1.807) is 22.4 Å². The molecule has 3 aromatic heterocycles. The van der Waals surface area contributed by atoms with Crippen molar-refractivity contribution >= 4 is 11.4 Å². The molecule has 29 heavy (non-hydrogen) atoms. The van der Waals surface area contributed by atoms with E-state index in [0.717, 1.165) is 22.3 Å². The van der Waals surface area contributed by atoms with Crippen LogP contribution in [-0.2, 0) is 4.74 Å². The second-order valence-corrected chi connectivity index (χ2v) is 7.09. The zero-order chi connectivity index (χ0) is 19.8. The molecule has 4 heterocycles. The molecule has 1 aliphatic rings. The van der Waals surface area contributed by atoms with Crippen LogP contribution in [0.5, 0.6) is 0 Å². The predicted molar refractivity (Wildman–Crippen MR) is 106 cm³/mol. The van der Waals surface area contributed by atoms with Gasteiger partial charge in [0.15, 0.2) is 0 Å². The van der Waals surface area contributed by atoms with Crippen molar-refractivity contribution in [2.24, 2.45) is 0 Å². The summed E-state index contributed by atoms with van der Waals surface area (Å²) in [6.07, 6.45) is 3.18. The molecule has 7 nitrogen and oxygen atoms in total. The van der Waals surface area contributed by atoms with Gasteiger partial charge in [0.25, 0.3) is 5.91 Å². The second kappa shape index (κ2) is 7.18. The lowest BCUT2D eigenvalue weighted by Crippen LogP contribution is -2.42. The molecule has 4 aromatic rings. The number of nitrogens with zero attached hydrogens (tertiary/aromatic N) is 4. The molecule has 146 valence electrons. The predicted octanol–water partition coefficient (Wildman–Crippen LogP) is 3.51. The fourth-order valence-electron chi connectivity index (χ4n) is 3.72. The molecule has 1 aromatic carbocycles. The molecule has 1 saturated heterocycles. The second-order valence-electron chi connectivity index (χ2n) is 7.09. The van der Waals surface area contributed by atoms with Crippen molar-refractivity contribution in [2.75, 3.05) is 19.7 Å². The summed E-state index contributed by atoms with van der Waals surface area (Å²) in [5.74, 6) is 0.577. The van der Waals surface area contributed by atoms with Crippen molar-refractivity contribution < 1.29 is 13.9 Å². The fourth-order valence-corrected chi connectivity index (χ4v) is 3.72. The quantitative estimate of drug-likeness (QED) is 0.537. The number of rotatable bonds is 3. The van der Waals surface area contributed by atoms with Crippen LogP contribution >= 0.6 is 0 Å². The highest BCUT2D eigenvalue weighted by atomic mass is 16.5. The van der Waals surface area contributed by atoms with Crippen molar-refractivity contribution in [3.05, 3.63) is 78.0 Å². The lowest BCUT2D eigenvalue weighted by Gasteiger charge is -2.32. The van der Waals surface area contributed by atoms with Gasteiger partial charge >= 0.3 is 0 Å². The molecule has 1 atom stereocenters. The Balaban J connectivity index is 1.42. The average molecular weight is 388 g/mol. The maximum absolute atomic E-state index is 12.8. The third kappa shape index (κ3) is 3.19. The Morgan fingerprint density at radius 3 is 2.76 bits per heavy atom. The van der Waals surface area contributed by atoms with E-state index in [4.69, 9.17) is 9.15 Å². The Kier molecular flexibility index (Phi) is 4.37. The van der Waals surface area contributed by atoms with Crippen molar-refractivity contribution in [3.63, 3.8) is 0 Å². The summed E-state index contributed by atoms with van der Waals surface area (Å²) < 4.78 is 13.0. The van der Waals surface area contributed by atoms with E-state index in [2.05, 4.69) is 28.5 Å². The number of amides is 1. The van der Waals surface area contributed by atoms with Gasteiger partial charge in [-0.15, -0.1) is 5.10 Å². The van der Waals surface area contributed by atoms with Crippen molar-refractivity contribution in [3.8, 4) is 11.1 Å². The molecule has 0 unspecified atom stereocenters. The van der Waals surface area contributed by atoms with Crippen LogP contribution < -0.4 is 0 Å². The number of aromatic nitrogens is 3. The Bertz CT molecular complexity index is 1170. The zero-order valence-electron chi connectivity index (χ0n) is 16.0. The molecule has 1 fully saturated rings. The molecule has 0 aliphatic carbocycles. The van der Waals surface area contributed by atoms with Crippen LogP contribution in [0.4, 0.5) is 0 Å². The summed E-state index contributed by atoms with van der Waals surface area (Å²) >= 11 is 0. The van der Waals surface area contributed by atoms with Gasteiger partial charge in [-0.25, -0.2) is 4.52 Å². The van der Waals surface area contributed by atoms with Crippen molar-refractivity contribution in [1.29, 1.82) is 0 Å². The molecule has 7 heteroatoms. The summed E-state index contributed by atoms with van der Waals surface area (Å²) in [5.41, 5.74) is 4.39. The number of pyridine rings is 1. The number of fused-ring (bicyclic) bond motifs is 1. The first kappa shape index (κ1) is 17.6. The first-order valence-electron chi connectivity index (χ1n) is 9.56. The first-order valence-corrected chi connectivity index (χ1v) is 9.56. The van der Waals surface area contributed by atoms with Gasteiger partial charge in [0.05, 0.1) is 30.5 Å². The Labute approximate surface area is 167 Å². The van der Waals surface area contributed by atoms with E-state index >= 15 is 0 Å². The Morgan fingerprint density at radius 1 is 1.10 bits per heavy atom. The molecule has 0 radical (unpaired) electrons. The van der Waals surface area contributed by atoms with Crippen LogP contribution in [0.25, 0.3) is 16.6 Å². The summed E-state index contributed by atoms with van der Waals surface area (Å²) in [6, 6.07) is 15.9. The van der Waals surface area contributed by atoms with Crippen LogP contribution in [0.1, 0.15) is 27.9 Å². The summed E-state index contributed by atoms with van der Waals surface area (Å²) in [6.45, 7) is 3.21. The molecular formula is C22H20N4O3. The standard InChI is InChI=1S/C22H20N4O3/c1-15-18(9-11-28-15)22(27)25-10-12-29-20(14-25)21-19-8-7-17(13-26(19)24-23-21)16-5-3-2-4-6-16/h2-9,11,13,20H,10,12,14H2,1H3/t20-/m1/s1. The minimum Gasteiger partial charge on any atom is -0.469 e. The maximum atomic E-state index is 12.8. The van der Waals surface area contributed by atoms with Crippen molar-refractivity contribution in [1.82, 2.24) is 19.7 Å². The Hall–Kier alpha value is -3.45. The number of hydrogen-bond acceptors (Lipinski definition) is 5. The highest BCUT2D eigenvalue weighted by Gasteiger charge is 2.30.